The van der Waals surface area contributed by atoms with Crippen LogP contribution in [0.15, 0.2) is 42.6 Å². The van der Waals surface area contributed by atoms with E-state index in [2.05, 4.69) is 10.3 Å². The third-order valence-corrected chi connectivity index (χ3v) is 5.18. The Morgan fingerprint density at radius 3 is 2.92 bits per heavy atom. The molecular weight excluding hydrogens is 353 g/mol. The Kier molecular flexibility index (Phi) is 6.45. The Labute approximate surface area is 158 Å². The number of carbonyl (C=O) groups is 1. The minimum atomic E-state index is -0.400. The molecule has 26 heavy (non-hydrogen) atoms. The number of hydrogen-bond acceptors (Lipinski definition) is 2. The lowest BCUT2D eigenvalue weighted by Crippen LogP contribution is -2.48. The van der Waals surface area contributed by atoms with E-state index in [1.165, 1.54) is 6.07 Å². The first kappa shape index (κ1) is 18.6. The second-order valence-corrected chi connectivity index (χ2v) is 6.97. The zero-order valence-electron chi connectivity index (χ0n) is 14.6. The lowest BCUT2D eigenvalue weighted by atomic mass is 9.97. The van der Waals surface area contributed by atoms with E-state index >= 15 is 0 Å². The van der Waals surface area contributed by atoms with Crippen LogP contribution in [0, 0.1) is 5.82 Å². The van der Waals surface area contributed by atoms with Gasteiger partial charge in [0.2, 0.25) is 0 Å². The second kappa shape index (κ2) is 8.99. The van der Waals surface area contributed by atoms with Crippen LogP contribution in [0.5, 0.6) is 0 Å². The van der Waals surface area contributed by atoms with Crippen LogP contribution >= 0.6 is 11.6 Å². The SMILES string of the molecule is O=C(NCc1c(F)cccc1Cl)N1CCCC[C@@H]1CCc1ccccn1. The van der Waals surface area contributed by atoms with Gasteiger partial charge in [0, 0.05) is 41.6 Å². The van der Waals surface area contributed by atoms with Crippen LogP contribution < -0.4 is 5.32 Å². The zero-order chi connectivity index (χ0) is 18.4. The Balaban J connectivity index is 1.59. The van der Waals surface area contributed by atoms with Crippen molar-refractivity contribution in [3.63, 3.8) is 0 Å². The van der Waals surface area contributed by atoms with Crippen molar-refractivity contribution >= 4 is 17.6 Å². The number of carbonyl (C=O) groups excluding carboxylic acids is 1. The van der Waals surface area contributed by atoms with Gasteiger partial charge < -0.3 is 10.2 Å². The van der Waals surface area contributed by atoms with E-state index in [4.69, 9.17) is 11.6 Å². The molecule has 2 heterocycles. The number of piperidine rings is 1. The number of pyridine rings is 1. The summed E-state index contributed by atoms with van der Waals surface area (Å²) in [5, 5.41) is 3.15. The molecule has 1 aliphatic rings. The summed E-state index contributed by atoms with van der Waals surface area (Å²) in [5.41, 5.74) is 1.36. The molecule has 1 aromatic carbocycles. The molecule has 2 aromatic rings. The maximum absolute atomic E-state index is 13.9. The summed E-state index contributed by atoms with van der Waals surface area (Å²) in [6.07, 6.45) is 6.61. The van der Waals surface area contributed by atoms with Crippen LogP contribution in [0.4, 0.5) is 9.18 Å². The molecule has 4 nitrogen and oxygen atoms in total. The van der Waals surface area contributed by atoms with Gasteiger partial charge in [-0.05, 0) is 56.4 Å². The number of aryl methyl sites for hydroxylation is 1. The molecule has 0 unspecified atom stereocenters. The van der Waals surface area contributed by atoms with Crippen molar-refractivity contribution in [1.82, 2.24) is 15.2 Å². The lowest BCUT2D eigenvalue weighted by molar-refractivity contribution is 0.146. The summed E-state index contributed by atoms with van der Waals surface area (Å²) in [5.74, 6) is -0.400. The number of aromatic nitrogens is 1. The van der Waals surface area contributed by atoms with Crippen LogP contribution in [-0.4, -0.2) is 28.5 Å². The third-order valence-electron chi connectivity index (χ3n) is 4.83. The van der Waals surface area contributed by atoms with E-state index < -0.39 is 5.82 Å². The first-order chi connectivity index (χ1) is 12.6. The maximum atomic E-state index is 13.9. The highest BCUT2D eigenvalue weighted by Gasteiger charge is 2.26. The van der Waals surface area contributed by atoms with Gasteiger partial charge >= 0.3 is 6.03 Å². The van der Waals surface area contributed by atoms with E-state index in [0.717, 1.165) is 44.3 Å². The maximum Gasteiger partial charge on any atom is 0.317 e. The summed E-state index contributed by atoms with van der Waals surface area (Å²) in [7, 11) is 0. The fraction of sp³-hybridized carbons (Fsp3) is 0.400. The van der Waals surface area contributed by atoms with Crippen LogP contribution in [0.3, 0.4) is 0 Å². The van der Waals surface area contributed by atoms with Crippen LogP contribution in [0.2, 0.25) is 5.02 Å². The molecule has 138 valence electrons. The molecular formula is C20H23ClFN3O. The summed E-state index contributed by atoms with van der Waals surface area (Å²) in [6.45, 7) is 0.817. The number of rotatable bonds is 5. The molecule has 0 saturated carbocycles. The van der Waals surface area contributed by atoms with Crippen molar-refractivity contribution in [1.29, 1.82) is 0 Å². The monoisotopic (exact) mass is 375 g/mol. The Morgan fingerprint density at radius 2 is 2.15 bits per heavy atom. The molecule has 1 saturated heterocycles. The fourth-order valence-electron chi connectivity index (χ4n) is 3.40. The van der Waals surface area contributed by atoms with E-state index in [0.29, 0.717) is 10.6 Å². The molecule has 1 N–H and O–H groups in total. The standard InChI is InChI=1S/C20H23ClFN3O/c21-18-8-5-9-19(22)17(18)14-24-20(26)25-13-4-2-7-16(25)11-10-15-6-1-3-12-23-15/h1,3,5-6,8-9,12,16H,2,4,7,10-11,13-14H2,(H,24,26)/t16-/m1/s1. The van der Waals surface area contributed by atoms with E-state index in [9.17, 15) is 9.18 Å². The highest BCUT2D eigenvalue weighted by atomic mass is 35.5. The molecule has 1 fully saturated rings. The Morgan fingerprint density at radius 1 is 1.27 bits per heavy atom. The normalized spacial score (nSPS) is 17.2. The largest absolute Gasteiger partial charge is 0.334 e. The number of amides is 2. The van der Waals surface area contributed by atoms with Gasteiger partial charge in [-0.3, -0.25) is 4.98 Å². The molecule has 1 atom stereocenters. The number of nitrogens with zero attached hydrogens (tertiary/aromatic N) is 2. The van der Waals surface area contributed by atoms with Gasteiger partial charge in [-0.25, -0.2) is 9.18 Å². The van der Waals surface area contributed by atoms with Crippen molar-refractivity contribution in [3.8, 4) is 0 Å². The number of urea groups is 1. The fourth-order valence-corrected chi connectivity index (χ4v) is 3.63. The zero-order valence-corrected chi connectivity index (χ0v) is 15.4. The highest BCUT2D eigenvalue weighted by molar-refractivity contribution is 6.31. The van der Waals surface area contributed by atoms with Crippen LogP contribution in [0.1, 0.15) is 36.9 Å². The second-order valence-electron chi connectivity index (χ2n) is 6.56. The number of likely N-dealkylation sites (tertiary alicyclic amines) is 1. The van der Waals surface area contributed by atoms with Gasteiger partial charge in [0.25, 0.3) is 0 Å². The first-order valence-corrected chi connectivity index (χ1v) is 9.40. The Hall–Kier alpha value is -2.14. The van der Waals surface area contributed by atoms with Crippen molar-refractivity contribution in [2.75, 3.05) is 6.54 Å². The van der Waals surface area contributed by atoms with Crippen molar-refractivity contribution in [3.05, 3.63) is 64.7 Å². The van der Waals surface area contributed by atoms with Crippen LogP contribution in [-0.2, 0) is 13.0 Å². The molecule has 1 aliphatic heterocycles. The van der Waals surface area contributed by atoms with Crippen LogP contribution in [0.25, 0.3) is 0 Å². The molecule has 0 spiro atoms. The topological polar surface area (TPSA) is 45.2 Å². The van der Waals surface area contributed by atoms with Gasteiger partial charge in [-0.2, -0.15) is 0 Å². The van der Waals surface area contributed by atoms with Gasteiger partial charge in [-0.1, -0.05) is 23.7 Å². The predicted molar refractivity (Wildman–Crippen MR) is 101 cm³/mol. The highest BCUT2D eigenvalue weighted by Crippen LogP contribution is 2.22. The minimum Gasteiger partial charge on any atom is -0.334 e. The summed E-state index contributed by atoms with van der Waals surface area (Å²) >= 11 is 6.03. The van der Waals surface area contributed by atoms with E-state index in [1.54, 1.807) is 18.3 Å². The summed E-state index contributed by atoms with van der Waals surface area (Å²) < 4.78 is 13.9. The van der Waals surface area contributed by atoms with Crippen molar-refractivity contribution in [2.24, 2.45) is 0 Å². The summed E-state index contributed by atoms with van der Waals surface area (Å²) in [4.78, 5) is 18.9. The van der Waals surface area contributed by atoms with Gasteiger partial charge in [0.05, 0.1) is 0 Å². The number of nitrogens with one attached hydrogen (secondary N) is 1. The lowest BCUT2D eigenvalue weighted by Gasteiger charge is -2.36. The summed E-state index contributed by atoms with van der Waals surface area (Å²) in [6, 6.07) is 10.4. The predicted octanol–water partition coefficient (Wildman–Crippen LogP) is 4.57. The molecule has 0 aliphatic carbocycles. The van der Waals surface area contributed by atoms with Crippen molar-refractivity contribution in [2.45, 2.75) is 44.7 Å². The van der Waals surface area contributed by atoms with Gasteiger partial charge in [-0.15, -0.1) is 0 Å². The smallest absolute Gasteiger partial charge is 0.317 e. The molecule has 1 aromatic heterocycles. The van der Waals surface area contributed by atoms with E-state index in [-0.39, 0.29) is 18.6 Å². The minimum absolute atomic E-state index is 0.0911. The quantitative estimate of drug-likeness (QED) is 0.831. The molecule has 2 amide bonds. The van der Waals surface area contributed by atoms with Crippen molar-refractivity contribution < 1.29 is 9.18 Å². The molecule has 6 heteroatoms. The van der Waals surface area contributed by atoms with E-state index in [1.807, 2.05) is 23.1 Å². The number of benzene rings is 1. The van der Waals surface area contributed by atoms with Gasteiger partial charge in [0.1, 0.15) is 5.82 Å². The molecule has 3 rings (SSSR count). The number of halogens is 2. The first-order valence-electron chi connectivity index (χ1n) is 9.02. The molecule has 0 bridgehead atoms. The van der Waals surface area contributed by atoms with Gasteiger partial charge in [0.15, 0.2) is 0 Å². The molecule has 0 radical (unpaired) electrons. The average Bonchev–Trinajstić information content (AvgIpc) is 2.67. The third kappa shape index (κ3) is 4.73. The average molecular weight is 376 g/mol. The number of hydrogen-bond donors (Lipinski definition) is 1. The Bertz CT molecular complexity index is 721.